The number of H-pyrrole nitrogens is 1. The Morgan fingerprint density at radius 2 is 2.36 bits per heavy atom. The molecule has 0 spiro atoms. The van der Waals surface area contributed by atoms with Crippen molar-refractivity contribution in [3.63, 3.8) is 0 Å². The number of aryl methyl sites for hydroxylation is 1. The van der Waals surface area contributed by atoms with Crippen LogP contribution in [0.4, 0.5) is 4.39 Å². The van der Waals surface area contributed by atoms with Crippen molar-refractivity contribution in [3.8, 4) is 5.75 Å². The predicted molar refractivity (Wildman–Crippen MR) is 80.2 cm³/mol. The van der Waals surface area contributed by atoms with E-state index in [9.17, 15) is 4.39 Å². The lowest BCUT2D eigenvalue weighted by Gasteiger charge is -2.35. The maximum atomic E-state index is 14.4. The third kappa shape index (κ3) is 2.84. The number of rotatable bonds is 4. The SMILES string of the molecule is COc1cccc(CN2CCOCC2c2[nH]ncc2C)c1F. The lowest BCUT2D eigenvalue weighted by atomic mass is 10.1. The predicted octanol–water partition coefficient (Wildman–Crippen LogP) is 2.44. The van der Waals surface area contributed by atoms with Crippen LogP contribution >= 0.6 is 0 Å². The molecule has 1 atom stereocenters. The highest BCUT2D eigenvalue weighted by Crippen LogP contribution is 2.28. The summed E-state index contributed by atoms with van der Waals surface area (Å²) in [6.07, 6.45) is 1.80. The molecule has 1 aliphatic heterocycles. The molecule has 1 aliphatic rings. The van der Waals surface area contributed by atoms with Gasteiger partial charge in [-0.2, -0.15) is 5.10 Å². The van der Waals surface area contributed by atoms with Crippen molar-refractivity contribution >= 4 is 0 Å². The first-order chi connectivity index (χ1) is 10.7. The summed E-state index contributed by atoms with van der Waals surface area (Å²) in [6, 6.07) is 5.30. The Hall–Kier alpha value is -1.92. The third-order valence-corrected chi connectivity index (χ3v) is 4.08. The van der Waals surface area contributed by atoms with Gasteiger partial charge < -0.3 is 9.47 Å². The fraction of sp³-hybridized carbons (Fsp3) is 0.438. The molecule has 1 aromatic carbocycles. The molecule has 0 bridgehead atoms. The van der Waals surface area contributed by atoms with Crippen molar-refractivity contribution in [1.82, 2.24) is 15.1 Å². The van der Waals surface area contributed by atoms with Crippen LogP contribution in [0.25, 0.3) is 0 Å². The van der Waals surface area contributed by atoms with Crippen molar-refractivity contribution in [2.75, 3.05) is 26.9 Å². The van der Waals surface area contributed by atoms with Gasteiger partial charge in [0.15, 0.2) is 11.6 Å². The molecule has 118 valence electrons. The molecule has 1 N–H and O–H groups in total. The Kier molecular flexibility index (Phi) is 4.40. The fourth-order valence-corrected chi connectivity index (χ4v) is 2.84. The summed E-state index contributed by atoms with van der Waals surface area (Å²) in [6.45, 7) is 4.50. The van der Waals surface area contributed by atoms with Gasteiger partial charge in [0, 0.05) is 18.7 Å². The second kappa shape index (κ2) is 6.46. The van der Waals surface area contributed by atoms with Gasteiger partial charge in [-0.1, -0.05) is 12.1 Å². The largest absolute Gasteiger partial charge is 0.494 e. The smallest absolute Gasteiger partial charge is 0.169 e. The van der Waals surface area contributed by atoms with E-state index in [0.29, 0.717) is 25.3 Å². The summed E-state index contributed by atoms with van der Waals surface area (Å²) in [4.78, 5) is 2.21. The average Bonchev–Trinajstić information content (AvgIpc) is 2.96. The zero-order chi connectivity index (χ0) is 15.5. The number of methoxy groups -OCH3 is 1. The van der Waals surface area contributed by atoms with Gasteiger partial charge in [0.1, 0.15) is 0 Å². The van der Waals surface area contributed by atoms with E-state index < -0.39 is 0 Å². The van der Waals surface area contributed by atoms with Gasteiger partial charge in [0.05, 0.1) is 38.3 Å². The highest BCUT2D eigenvalue weighted by Gasteiger charge is 2.28. The van der Waals surface area contributed by atoms with Crippen LogP contribution in [0.2, 0.25) is 0 Å². The van der Waals surface area contributed by atoms with Crippen LogP contribution < -0.4 is 4.74 Å². The number of halogens is 1. The molecule has 3 rings (SSSR count). The molecule has 0 radical (unpaired) electrons. The molecule has 0 amide bonds. The van der Waals surface area contributed by atoms with E-state index in [-0.39, 0.29) is 17.6 Å². The molecule has 1 unspecified atom stereocenters. The van der Waals surface area contributed by atoms with E-state index >= 15 is 0 Å². The summed E-state index contributed by atoms with van der Waals surface area (Å²) < 4.78 is 25.0. The molecule has 0 aliphatic carbocycles. The second-order valence-electron chi connectivity index (χ2n) is 5.46. The zero-order valence-electron chi connectivity index (χ0n) is 12.8. The summed E-state index contributed by atoms with van der Waals surface area (Å²) >= 11 is 0. The second-order valence-corrected chi connectivity index (χ2v) is 5.46. The molecule has 1 saturated heterocycles. The fourth-order valence-electron chi connectivity index (χ4n) is 2.84. The Morgan fingerprint density at radius 1 is 1.50 bits per heavy atom. The Bertz CT molecular complexity index is 644. The molecule has 5 nitrogen and oxygen atoms in total. The van der Waals surface area contributed by atoms with Gasteiger partial charge in [-0.15, -0.1) is 0 Å². The number of nitrogens with one attached hydrogen (secondary N) is 1. The molecule has 22 heavy (non-hydrogen) atoms. The van der Waals surface area contributed by atoms with Crippen LogP contribution in [-0.4, -0.2) is 42.0 Å². The van der Waals surface area contributed by atoms with E-state index in [1.165, 1.54) is 7.11 Å². The van der Waals surface area contributed by atoms with E-state index in [4.69, 9.17) is 9.47 Å². The van der Waals surface area contributed by atoms with Gasteiger partial charge in [0.25, 0.3) is 0 Å². The van der Waals surface area contributed by atoms with Crippen molar-refractivity contribution in [2.45, 2.75) is 19.5 Å². The number of benzene rings is 1. The lowest BCUT2D eigenvalue weighted by Crippen LogP contribution is -2.39. The van der Waals surface area contributed by atoms with Gasteiger partial charge in [-0.05, 0) is 18.6 Å². The summed E-state index contributed by atoms with van der Waals surface area (Å²) in [5, 5.41) is 7.12. The van der Waals surface area contributed by atoms with E-state index in [0.717, 1.165) is 17.8 Å². The number of morpholine rings is 1. The minimum Gasteiger partial charge on any atom is -0.494 e. The molecular formula is C16H20FN3O2. The van der Waals surface area contributed by atoms with Crippen LogP contribution in [0, 0.1) is 12.7 Å². The number of ether oxygens (including phenoxy) is 2. The molecule has 2 aromatic rings. The zero-order valence-corrected chi connectivity index (χ0v) is 12.8. The van der Waals surface area contributed by atoms with Crippen molar-refractivity contribution < 1.29 is 13.9 Å². The lowest BCUT2D eigenvalue weighted by molar-refractivity contribution is -0.0149. The molecule has 0 saturated carbocycles. The monoisotopic (exact) mass is 305 g/mol. The van der Waals surface area contributed by atoms with Crippen LogP contribution in [0.5, 0.6) is 5.75 Å². The molecule has 1 aromatic heterocycles. The highest BCUT2D eigenvalue weighted by molar-refractivity contribution is 5.31. The van der Waals surface area contributed by atoms with Gasteiger partial charge in [-0.3, -0.25) is 10.00 Å². The van der Waals surface area contributed by atoms with Crippen LogP contribution in [-0.2, 0) is 11.3 Å². The van der Waals surface area contributed by atoms with Crippen LogP contribution in [0.1, 0.15) is 22.9 Å². The number of hydrogen-bond acceptors (Lipinski definition) is 4. The maximum Gasteiger partial charge on any atom is 0.169 e. The number of aromatic nitrogens is 2. The maximum absolute atomic E-state index is 14.4. The first-order valence-corrected chi connectivity index (χ1v) is 7.33. The number of aromatic amines is 1. The third-order valence-electron chi connectivity index (χ3n) is 4.08. The van der Waals surface area contributed by atoms with Crippen molar-refractivity contribution in [2.24, 2.45) is 0 Å². The molecular weight excluding hydrogens is 285 g/mol. The number of nitrogens with zero attached hydrogens (tertiary/aromatic N) is 2. The topological polar surface area (TPSA) is 50.4 Å². The Labute approximate surface area is 129 Å². The first kappa shape index (κ1) is 15.0. The molecule has 2 heterocycles. The standard InChI is InChI=1S/C16H20FN3O2/c1-11-8-18-19-16(11)13-10-22-7-6-20(13)9-12-4-3-5-14(21-2)15(12)17/h3-5,8,13H,6-7,9-10H2,1-2H3,(H,18,19). The van der Waals surface area contributed by atoms with Crippen molar-refractivity contribution in [3.05, 3.63) is 47.0 Å². The van der Waals surface area contributed by atoms with Crippen LogP contribution in [0.3, 0.4) is 0 Å². The number of hydrogen-bond donors (Lipinski definition) is 1. The van der Waals surface area contributed by atoms with E-state index in [2.05, 4.69) is 15.1 Å². The van der Waals surface area contributed by atoms with E-state index in [1.54, 1.807) is 18.3 Å². The van der Waals surface area contributed by atoms with Gasteiger partial charge >= 0.3 is 0 Å². The Balaban J connectivity index is 1.85. The minimum absolute atomic E-state index is 0.0573. The quantitative estimate of drug-likeness (QED) is 0.942. The van der Waals surface area contributed by atoms with Crippen LogP contribution in [0.15, 0.2) is 24.4 Å². The Morgan fingerprint density at radius 3 is 3.09 bits per heavy atom. The van der Waals surface area contributed by atoms with Gasteiger partial charge in [0.2, 0.25) is 0 Å². The normalized spacial score (nSPS) is 19.3. The summed E-state index contributed by atoms with van der Waals surface area (Å²) in [5.41, 5.74) is 2.75. The average molecular weight is 305 g/mol. The highest BCUT2D eigenvalue weighted by atomic mass is 19.1. The van der Waals surface area contributed by atoms with Gasteiger partial charge in [-0.25, -0.2) is 4.39 Å². The van der Waals surface area contributed by atoms with E-state index in [1.807, 2.05) is 13.0 Å². The molecule has 1 fully saturated rings. The van der Waals surface area contributed by atoms with Crippen molar-refractivity contribution in [1.29, 1.82) is 0 Å². The summed E-state index contributed by atoms with van der Waals surface area (Å²) in [5.74, 6) is -0.0170. The summed E-state index contributed by atoms with van der Waals surface area (Å²) in [7, 11) is 1.48. The first-order valence-electron chi connectivity index (χ1n) is 7.33. The minimum atomic E-state index is -0.295. The molecule has 6 heteroatoms.